The number of hydrogen-bond acceptors (Lipinski definition) is 4. The SMILES string of the molecule is CCN1Cc2nnc(Cc3ccc(OC)cc3)n2[C@@H](CC(C)C)C1=O. The summed E-state index contributed by atoms with van der Waals surface area (Å²) in [5.74, 6) is 3.18. The van der Waals surface area contributed by atoms with E-state index in [1.54, 1.807) is 7.11 Å². The molecule has 2 heterocycles. The van der Waals surface area contributed by atoms with E-state index in [4.69, 9.17) is 4.74 Å². The van der Waals surface area contributed by atoms with Crippen LogP contribution in [0.2, 0.25) is 0 Å². The number of rotatable bonds is 6. The fraction of sp³-hybridized carbons (Fsp3) is 0.526. The fourth-order valence-corrected chi connectivity index (χ4v) is 3.37. The van der Waals surface area contributed by atoms with Crippen molar-refractivity contribution in [2.45, 2.75) is 46.2 Å². The smallest absolute Gasteiger partial charge is 0.246 e. The van der Waals surface area contributed by atoms with Crippen molar-refractivity contribution < 1.29 is 9.53 Å². The maximum absolute atomic E-state index is 12.9. The lowest BCUT2D eigenvalue weighted by Crippen LogP contribution is -2.43. The first-order valence-electron chi connectivity index (χ1n) is 8.87. The predicted octanol–water partition coefficient (Wildman–Crippen LogP) is 2.83. The number of benzene rings is 1. The number of hydrogen-bond donors (Lipinski definition) is 0. The van der Waals surface area contributed by atoms with Crippen LogP contribution in [0.4, 0.5) is 0 Å². The van der Waals surface area contributed by atoms with E-state index >= 15 is 0 Å². The van der Waals surface area contributed by atoms with Crippen LogP contribution in [0.25, 0.3) is 0 Å². The first-order valence-corrected chi connectivity index (χ1v) is 8.87. The van der Waals surface area contributed by atoms with Gasteiger partial charge in [0.15, 0.2) is 5.82 Å². The van der Waals surface area contributed by atoms with Gasteiger partial charge in [0, 0.05) is 13.0 Å². The highest BCUT2D eigenvalue weighted by atomic mass is 16.5. The molecule has 0 bridgehead atoms. The third-order valence-electron chi connectivity index (χ3n) is 4.68. The Bertz CT molecular complexity index is 736. The fourth-order valence-electron chi connectivity index (χ4n) is 3.37. The molecule has 1 aromatic heterocycles. The maximum Gasteiger partial charge on any atom is 0.246 e. The molecule has 0 saturated heterocycles. The Morgan fingerprint density at radius 3 is 2.56 bits per heavy atom. The summed E-state index contributed by atoms with van der Waals surface area (Å²) < 4.78 is 7.28. The van der Waals surface area contributed by atoms with Gasteiger partial charge in [-0.25, -0.2) is 0 Å². The maximum atomic E-state index is 12.9. The Morgan fingerprint density at radius 2 is 1.96 bits per heavy atom. The quantitative estimate of drug-likeness (QED) is 0.810. The molecule has 0 fully saturated rings. The number of methoxy groups -OCH3 is 1. The van der Waals surface area contributed by atoms with Crippen LogP contribution in [0, 0.1) is 5.92 Å². The van der Waals surface area contributed by atoms with E-state index in [9.17, 15) is 4.79 Å². The topological polar surface area (TPSA) is 60.2 Å². The van der Waals surface area contributed by atoms with Crippen molar-refractivity contribution in [2.75, 3.05) is 13.7 Å². The number of carbonyl (C=O) groups excluding carboxylic acids is 1. The second kappa shape index (κ2) is 7.25. The zero-order chi connectivity index (χ0) is 18.0. The molecule has 0 spiro atoms. The molecule has 0 saturated carbocycles. The summed E-state index contributed by atoms with van der Waals surface area (Å²) >= 11 is 0. The number of amides is 1. The van der Waals surface area contributed by atoms with Crippen LogP contribution in [0.3, 0.4) is 0 Å². The highest BCUT2D eigenvalue weighted by Crippen LogP contribution is 2.29. The molecule has 0 radical (unpaired) electrons. The van der Waals surface area contributed by atoms with Crippen LogP contribution < -0.4 is 4.74 Å². The number of nitrogens with zero attached hydrogens (tertiary/aromatic N) is 4. The summed E-state index contributed by atoms with van der Waals surface area (Å²) in [5.41, 5.74) is 1.13. The van der Waals surface area contributed by atoms with Crippen LogP contribution >= 0.6 is 0 Å². The van der Waals surface area contributed by atoms with Crippen molar-refractivity contribution in [1.29, 1.82) is 0 Å². The summed E-state index contributed by atoms with van der Waals surface area (Å²) in [6.45, 7) is 7.54. The molecule has 0 N–H and O–H groups in total. The molecular weight excluding hydrogens is 316 g/mol. The number of likely N-dealkylation sites (N-methyl/N-ethyl adjacent to an activating group) is 1. The molecule has 134 valence electrons. The average molecular weight is 342 g/mol. The summed E-state index contributed by atoms with van der Waals surface area (Å²) in [7, 11) is 1.66. The molecule has 3 rings (SSSR count). The van der Waals surface area contributed by atoms with Crippen molar-refractivity contribution >= 4 is 5.91 Å². The normalized spacial score (nSPS) is 17.1. The monoisotopic (exact) mass is 342 g/mol. The first-order chi connectivity index (χ1) is 12.0. The summed E-state index contributed by atoms with van der Waals surface area (Å²) in [5, 5.41) is 8.77. The van der Waals surface area contributed by atoms with Gasteiger partial charge in [0.1, 0.15) is 17.6 Å². The predicted molar refractivity (Wildman–Crippen MR) is 95.4 cm³/mol. The van der Waals surface area contributed by atoms with Crippen LogP contribution in [-0.4, -0.2) is 39.2 Å². The highest BCUT2D eigenvalue weighted by Gasteiger charge is 2.35. The Labute approximate surface area is 148 Å². The second-order valence-corrected chi connectivity index (χ2v) is 6.93. The minimum atomic E-state index is -0.202. The van der Waals surface area contributed by atoms with Gasteiger partial charge in [-0.15, -0.1) is 10.2 Å². The average Bonchev–Trinajstić information content (AvgIpc) is 3.00. The lowest BCUT2D eigenvalue weighted by Gasteiger charge is -2.34. The first kappa shape index (κ1) is 17.5. The molecule has 1 atom stereocenters. The minimum absolute atomic E-state index is 0.180. The standard InChI is InChI=1S/C19H26N4O2/c1-5-22-12-18-21-20-17(11-14-6-8-15(25-4)9-7-14)23(18)16(19(22)24)10-13(2)3/h6-9,13,16H,5,10-12H2,1-4H3/t16-/m0/s1. The lowest BCUT2D eigenvalue weighted by molar-refractivity contribution is -0.137. The van der Waals surface area contributed by atoms with Crippen molar-refractivity contribution in [1.82, 2.24) is 19.7 Å². The van der Waals surface area contributed by atoms with Gasteiger partial charge < -0.3 is 14.2 Å². The molecule has 1 amide bonds. The summed E-state index contributed by atoms with van der Waals surface area (Å²) in [6, 6.07) is 7.74. The van der Waals surface area contributed by atoms with Crippen LogP contribution in [0.15, 0.2) is 24.3 Å². The third-order valence-corrected chi connectivity index (χ3v) is 4.68. The van der Waals surface area contributed by atoms with E-state index in [0.717, 1.165) is 29.4 Å². The molecule has 0 aliphatic carbocycles. The number of ether oxygens (including phenoxy) is 1. The highest BCUT2D eigenvalue weighted by molar-refractivity contribution is 5.81. The van der Waals surface area contributed by atoms with Crippen LogP contribution in [0.1, 0.15) is 50.4 Å². The number of fused-ring (bicyclic) bond motifs is 1. The number of carbonyl (C=O) groups is 1. The van der Waals surface area contributed by atoms with E-state index in [-0.39, 0.29) is 11.9 Å². The Balaban J connectivity index is 1.92. The molecule has 2 aromatic rings. The minimum Gasteiger partial charge on any atom is -0.497 e. The van der Waals surface area contributed by atoms with Crippen molar-refractivity contribution in [3.8, 4) is 5.75 Å². The lowest BCUT2D eigenvalue weighted by atomic mass is 10.00. The molecule has 6 nitrogen and oxygen atoms in total. The van der Waals surface area contributed by atoms with Crippen LogP contribution in [-0.2, 0) is 17.8 Å². The van der Waals surface area contributed by atoms with E-state index in [1.807, 2.05) is 36.1 Å². The molecule has 1 aromatic carbocycles. The van der Waals surface area contributed by atoms with Crippen LogP contribution in [0.5, 0.6) is 5.75 Å². The van der Waals surface area contributed by atoms with Gasteiger partial charge in [0.05, 0.1) is 13.7 Å². The summed E-state index contributed by atoms with van der Waals surface area (Å²) in [4.78, 5) is 14.7. The van der Waals surface area contributed by atoms with E-state index in [0.29, 0.717) is 25.4 Å². The van der Waals surface area contributed by atoms with E-state index < -0.39 is 0 Å². The summed E-state index contributed by atoms with van der Waals surface area (Å²) in [6.07, 6.45) is 1.46. The molecule has 25 heavy (non-hydrogen) atoms. The molecular formula is C19H26N4O2. The van der Waals surface area contributed by atoms with Gasteiger partial charge in [0.2, 0.25) is 5.91 Å². The second-order valence-electron chi connectivity index (χ2n) is 6.93. The van der Waals surface area contributed by atoms with Gasteiger partial charge in [-0.2, -0.15) is 0 Å². The molecule has 0 unspecified atom stereocenters. The van der Waals surface area contributed by atoms with E-state index in [2.05, 4.69) is 28.6 Å². The van der Waals surface area contributed by atoms with Crippen molar-refractivity contribution in [2.24, 2.45) is 5.92 Å². The van der Waals surface area contributed by atoms with Gasteiger partial charge in [-0.1, -0.05) is 26.0 Å². The Kier molecular flexibility index (Phi) is 5.06. The van der Waals surface area contributed by atoms with Gasteiger partial charge in [0.25, 0.3) is 0 Å². The zero-order valence-electron chi connectivity index (χ0n) is 15.4. The third kappa shape index (κ3) is 3.52. The van der Waals surface area contributed by atoms with Crippen molar-refractivity contribution in [3.63, 3.8) is 0 Å². The van der Waals surface area contributed by atoms with Gasteiger partial charge in [-0.3, -0.25) is 4.79 Å². The van der Waals surface area contributed by atoms with Gasteiger partial charge in [-0.05, 0) is 37.0 Å². The zero-order valence-corrected chi connectivity index (χ0v) is 15.4. The molecule has 1 aliphatic rings. The largest absolute Gasteiger partial charge is 0.497 e. The van der Waals surface area contributed by atoms with E-state index in [1.165, 1.54) is 0 Å². The molecule has 6 heteroatoms. The molecule has 1 aliphatic heterocycles. The number of aromatic nitrogens is 3. The van der Waals surface area contributed by atoms with Gasteiger partial charge >= 0.3 is 0 Å². The Hall–Kier alpha value is -2.37. The van der Waals surface area contributed by atoms with Crippen molar-refractivity contribution in [3.05, 3.63) is 41.5 Å². The Morgan fingerprint density at radius 1 is 1.24 bits per heavy atom.